The molecule has 49 heavy (non-hydrogen) atoms. The van der Waals surface area contributed by atoms with Crippen molar-refractivity contribution in [2.45, 2.75) is 45.4 Å². The summed E-state index contributed by atoms with van der Waals surface area (Å²) in [4.78, 5) is 4.75. The van der Waals surface area contributed by atoms with Crippen molar-refractivity contribution in [1.29, 1.82) is 0 Å². The van der Waals surface area contributed by atoms with E-state index in [0.29, 0.717) is 0 Å². The minimum Gasteiger partial charge on any atom is -0.311 e. The normalized spacial score (nSPS) is 14.6. The highest BCUT2D eigenvalue weighted by atomic mass is 15.2. The van der Waals surface area contributed by atoms with Crippen LogP contribution in [0.3, 0.4) is 0 Å². The lowest BCUT2D eigenvalue weighted by Gasteiger charge is -2.37. The first-order valence-corrected chi connectivity index (χ1v) is 17.4. The van der Waals surface area contributed by atoms with E-state index < -0.39 is 0 Å². The lowest BCUT2D eigenvalue weighted by Crippen LogP contribution is -2.25. The first-order valence-electron chi connectivity index (χ1n) is 17.4. The van der Waals surface area contributed by atoms with Crippen LogP contribution in [0.25, 0.3) is 21.9 Å². The van der Waals surface area contributed by atoms with Crippen molar-refractivity contribution in [3.05, 3.63) is 179 Å². The van der Waals surface area contributed by atoms with E-state index in [1.165, 1.54) is 55.4 Å². The maximum atomic E-state index is 2.48. The van der Waals surface area contributed by atoms with E-state index in [2.05, 4.69) is 196 Å². The van der Waals surface area contributed by atoms with Crippen LogP contribution >= 0.6 is 0 Å². The molecule has 0 N–H and O–H groups in total. The largest absolute Gasteiger partial charge is 0.311 e. The zero-order chi connectivity index (χ0) is 33.5. The first kappa shape index (κ1) is 29.5. The number of hydrogen-bond acceptors (Lipinski definition) is 2. The van der Waals surface area contributed by atoms with Crippen LogP contribution in [0.15, 0.2) is 152 Å². The summed E-state index contributed by atoms with van der Waals surface area (Å²) in [7, 11) is 0. The number of aryl methyl sites for hydroxylation is 1. The Morgan fingerprint density at radius 3 is 1.27 bits per heavy atom. The topological polar surface area (TPSA) is 6.48 Å². The Labute approximate surface area is 289 Å². The summed E-state index contributed by atoms with van der Waals surface area (Å²) >= 11 is 0. The number of anilines is 6. The van der Waals surface area contributed by atoms with E-state index in [0.717, 1.165) is 28.4 Å². The second-order valence-corrected chi connectivity index (χ2v) is 14.7. The summed E-state index contributed by atoms with van der Waals surface area (Å²) < 4.78 is 0. The predicted molar refractivity (Wildman–Crippen MR) is 208 cm³/mol. The van der Waals surface area contributed by atoms with Gasteiger partial charge in [0.05, 0.1) is 0 Å². The smallest absolute Gasteiger partial charge is 0.0468 e. The van der Waals surface area contributed by atoms with E-state index in [-0.39, 0.29) is 10.8 Å². The number of para-hydroxylation sites is 3. The van der Waals surface area contributed by atoms with Gasteiger partial charge in [-0.05, 0) is 129 Å². The van der Waals surface area contributed by atoms with Crippen molar-refractivity contribution in [1.82, 2.24) is 0 Å². The fourth-order valence-corrected chi connectivity index (χ4v) is 8.60. The molecule has 2 aliphatic carbocycles. The van der Waals surface area contributed by atoms with Gasteiger partial charge in [0.2, 0.25) is 0 Å². The molecule has 0 aromatic heterocycles. The zero-order valence-electron chi connectivity index (χ0n) is 28.8. The molecule has 0 spiro atoms. The highest BCUT2D eigenvalue weighted by Crippen LogP contribution is 2.61. The summed E-state index contributed by atoms with van der Waals surface area (Å²) in [5, 5.41) is 2.83. The Hall–Kier alpha value is -5.60. The lowest BCUT2D eigenvalue weighted by molar-refractivity contribution is 0.639. The molecule has 0 amide bonds. The van der Waals surface area contributed by atoms with Gasteiger partial charge in [0, 0.05) is 45.0 Å². The molecule has 9 rings (SSSR count). The maximum absolute atomic E-state index is 2.48. The Bertz CT molecular complexity index is 2330. The van der Waals surface area contributed by atoms with Crippen LogP contribution in [-0.4, -0.2) is 0 Å². The van der Waals surface area contributed by atoms with Crippen molar-refractivity contribution in [3.8, 4) is 11.1 Å². The van der Waals surface area contributed by atoms with E-state index in [4.69, 9.17) is 0 Å². The van der Waals surface area contributed by atoms with E-state index in [1.54, 1.807) is 0 Å². The fourth-order valence-electron chi connectivity index (χ4n) is 8.60. The van der Waals surface area contributed by atoms with Crippen molar-refractivity contribution in [2.75, 3.05) is 9.80 Å². The Morgan fingerprint density at radius 2 is 0.776 bits per heavy atom. The minimum absolute atomic E-state index is 0.125. The monoisotopic (exact) mass is 632 g/mol. The van der Waals surface area contributed by atoms with E-state index in [1.807, 2.05) is 0 Å². The molecule has 0 saturated carbocycles. The van der Waals surface area contributed by atoms with Gasteiger partial charge in [-0.15, -0.1) is 0 Å². The maximum Gasteiger partial charge on any atom is 0.0468 e. The van der Waals surface area contributed by atoms with Gasteiger partial charge in [-0.25, -0.2) is 0 Å². The highest BCUT2D eigenvalue weighted by molar-refractivity contribution is 6.10. The molecule has 2 nitrogen and oxygen atoms in total. The van der Waals surface area contributed by atoms with Crippen LogP contribution in [0.4, 0.5) is 34.1 Å². The van der Waals surface area contributed by atoms with Gasteiger partial charge in [0.25, 0.3) is 0 Å². The number of rotatable bonds is 6. The van der Waals surface area contributed by atoms with Crippen LogP contribution in [0.2, 0.25) is 0 Å². The average Bonchev–Trinajstić information content (AvgIpc) is 3.35. The number of hydrogen-bond donors (Lipinski definition) is 0. The van der Waals surface area contributed by atoms with Gasteiger partial charge >= 0.3 is 0 Å². The Morgan fingerprint density at radius 1 is 0.367 bits per heavy atom. The molecule has 0 saturated heterocycles. The Balaban J connectivity index is 1.24. The second kappa shape index (κ2) is 10.7. The van der Waals surface area contributed by atoms with Crippen LogP contribution in [-0.2, 0) is 10.8 Å². The SMILES string of the molecule is Cc1cc2c3c4c(cccc14)C(C)(C)c1cc(N(c4ccccc4)c4ccc(N(c5ccccc5)c5ccccc5)cc4)cc(c1-3)C2(C)C. The number of nitrogens with zero attached hydrogens (tertiary/aromatic N) is 2. The van der Waals surface area contributed by atoms with Gasteiger partial charge in [-0.2, -0.15) is 0 Å². The summed E-state index contributed by atoms with van der Waals surface area (Å²) in [5.41, 5.74) is 16.5. The van der Waals surface area contributed by atoms with Crippen molar-refractivity contribution < 1.29 is 0 Å². The highest BCUT2D eigenvalue weighted by Gasteiger charge is 2.45. The molecule has 0 atom stereocenters. The molecule has 0 heterocycles. The molecule has 2 heteroatoms. The van der Waals surface area contributed by atoms with Gasteiger partial charge < -0.3 is 9.80 Å². The predicted octanol–water partition coefficient (Wildman–Crippen LogP) is 13.0. The summed E-state index contributed by atoms with van der Waals surface area (Å²) in [6.45, 7) is 12.0. The van der Waals surface area contributed by atoms with Gasteiger partial charge in [-0.1, -0.05) is 107 Å². The van der Waals surface area contributed by atoms with Gasteiger partial charge in [0.1, 0.15) is 0 Å². The van der Waals surface area contributed by atoms with Crippen LogP contribution < -0.4 is 9.80 Å². The molecule has 0 fully saturated rings. The molecular weight excluding hydrogens is 593 g/mol. The molecule has 0 unspecified atom stereocenters. The van der Waals surface area contributed by atoms with Crippen LogP contribution in [0.1, 0.15) is 55.5 Å². The van der Waals surface area contributed by atoms with Crippen molar-refractivity contribution >= 4 is 44.9 Å². The second-order valence-electron chi connectivity index (χ2n) is 14.7. The summed E-state index contributed by atoms with van der Waals surface area (Å²) in [5.74, 6) is 0. The zero-order valence-corrected chi connectivity index (χ0v) is 28.8. The molecule has 238 valence electrons. The quantitative estimate of drug-likeness (QED) is 0.180. The van der Waals surface area contributed by atoms with E-state index in [9.17, 15) is 0 Å². The average molecular weight is 633 g/mol. The summed E-state index contributed by atoms with van der Waals surface area (Å²) in [6.07, 6.45) is 0. The molecule has 7 aromatic rings. The molecule has 2 aliphatic rings. The van der Waals surface area contributed by atoms with E-state index >= 15 is 0 Å². The minimum atomic E-state index is -0.157. The molecule has 0 radical (unpaired) electrons. The molecule has 7 aromatic carbocycles. The number of benzene rings is 7. The standard InChI is InChI=1S/C47H40N2/c1-31-28-40-45-43-38(31)22-15-23-39(43)46(2,3)41-29-37(30-42(44(41)45)47(40,4)5)49(34-20-13-8-14-21-34)36-26-24-35(25-27-36)48(32-16-9-6-10-17-32)33-18-11-7-12-19-33/h6-30H,1-5H3. The molecular formula is C47H40N2. The first-order chi connectivity index (χ1) is 23.7. The fraction of sp³-hybridized carbons (Fsp3) is 0.149. The third-order valence-electron chi connectivity index (χ3n) is 11.1. The van der Waals surface area contributed by atoms with Crippen molar-refractivity contribution in [2.24, 2.45) is 0 Å². The third-order valence-corrected chi connectivity index (χ3v) is 11.1. The molecule has 0 aliphatic heterocycles. The van der Waals surface area contributed by atoms with Crippen molar-refractivity contribution in [3.63, 3.8) is 0 Å². The van der Waals surface area contributed by atoms with Gasteiger partial charge in [-0.3, -0.25) is 0 Å². The molecule has 0 bridgehead atoms. The lowest BCUT2D eigenvalue weighted by atomic mass is 9.68. The Kier molecular flexibility index (Phi) is 6.45. The van der Waals surface area contributed by atoms with Crippen LogP contribution in [0, 0.1) is 6.92 Å². The third kappa shape index (κ3) is 4.33. The van der Waals surface area contributed by atoms with Gasteiger partial charge in [0.15, 0.2) is 0 Å². The summed E-state index contributed by atoms with van der Waals surface area (Å²) in [6, 6.07) is 55.4. The van der Waals surface area contributed by atoms with Crippen LogP contribution in [0.5, 0.6) is 0 Å².